The van der Waals surface area contributed by atoms with Crippen LogP contribution in [0.3, 0.4) is 0 Å². The van der Waals surface area contributed by atoms with Crippen LogP contribution in [0, 0.1) is 0 Å². The van der Waals surface area contributed by atoms with E-state index in [-0.39, 0.29) is 24.1 Å². The Morgan fingerprint density at radius 3 is 2.53 bits per heavy atom. The van der Waals surface area contributed by atoms with Gasteiger partial charge in [0.05, 0.1) is 27.4 Å². The Balaban J connectivity index is 1.53. The molecule has 0 radical (unpaired) electrons. The van der Waals surface area contributed by atoms with Gasteiger partial charge in [0.25, 0.3) is 0 Å². The summed E-state index contributed by atoms with van der Waals surface area (Å²) in [7, 11) is 3.30. The van der Waals surface area contributed by atoms with E-state index in [1.165, 1.54) is 0 Å². The summed E-state index contributed by atoms with van der Waals surface area (Å²) in [6.45, 7) is 4.65. The molecule has 2 amide bonds. The monoisotopic (exact) mass is 419 g/mol. The van der Waals surface area contributed by atoms with E-state index in [1.807, 2.05) is 18.2 Å². The maximum atomic E-state index is 12.7. The number of rotatable bonds is 7. The van der Waals surface area contributed by atoms with Gasteiger partial charge in [-0.2, -0.15) is 0 Å². The molecule has 2 fully saturated rings. The predicted octanol–water partition coefficient (Wildman–Crippen LogP) is 2.58. The second-order valence-corrected chi connectivity index (χ2v) is 7.76. The molecule has 3 rings (SSSR count). The van der Waals surface area contributed by atoms with Crippen molar-refractivity contribution in [2.75, 3.05) is 47.0 Å². The lowest BCUT2D eigenvalue weighted by atomic mass is 10.0. The Morgan fingerprint density at radius 1 is 1.10 bits per heavy atom. The second-order valence-electron chi connectivity index (χ2n) is 7.76. The molecule has 30 heavy (non-hydrogen) atoms. The van der Waals surface area contributed by atoms with Gasteiger partial charge in [-0.25, -0.2) is 4.79 Å². The van der Waals surface area contributed by atoms with Gasteiger partial charge in [0.1, 0.15) is 11.5 Å². The highest BCUT2D eigenvalue weighted by atomic mass is 16.6. The third kappa shape index (κ3) is 5.36. The lowest BCUT2D eigenvalue weighted by Crippen LogP contribution is -2.48. The van der Waals surface area contributed by atoms with Crippen LogP contribution in [0.4, 0.5) is 4.79 Å². The quantitative estimate of drug-likeness (QED) is 0.732. The topological polar surface area (TPSA) is 80.3 Å². The van der Waals surface area contributed by atoms with E-state index in [2.05, 4.69) is 10.2 Å². The number of methoxy groups -OCH3 is 2. The minimum absolute atomic E-state index is 0.0314. The van der Waals surface area contributed by atoms with Crippen LogP contribution in [-0.2, 0) is 9.53 Å². The van der Waals surface area contributed by atoms with Crippen molar-refractivity contribution in [1.82, 2.24) is 15.1 Å². The third-order valence-electron chi connectivity index (χ3n) is 5.90. The molecule has 0 saturated carbocycles. The van der Waals surface area contributed by atoms with Gasteiger partial charge in [0, 0.05) is 36.8 Å². The molecule has 1 aromatic carbocycles. The first-order valence-electron chi connectivity index (χ1n) is 10.7. The highest BCUT2D eigenvalue weighted by Gasteiger charge is 2.31. The van der Waals surface area contributed by atoms with Gasteiger partial charge >= 0.3 is 6.09 Å². The van der Waals surface area contributed by atoms with Gasteiger partial charge in [0.2, 0.25) is 5.91 Å². The average molecular weight is 420 g/mol. The lowest BCUT2D eigenvalue weighted by molar-refractivity contribution is -0.123. The maximum Gasteiger partial charge on any atom is 0.409 e. The fourth-order valence-electron chi connectivity index (χ4n) is 4.34. The molecule has 1 atom stereocenters. The zero-order valence-electron chi connectivity index (χ0n) is 18.2. The highest BCUT2D eigenvalue weighted by Crippen LogP contribution is 2.38. The Morgan fingerprint density at radius 2 is 1.87 bits per heavy atom. The summed E-state index contributed by atoms with van der Waals surface area (Å²) in [4.78, 5) is 28.4. The molecule has 166 valence electrons. The molecule has 8 heteroatoms. The Labute approximate surface area is 178 Å². The van der Waals surface area contributed by atoms with Crippen molar-refractivity contribution in [3.05, 3.63) is 23.8 Å². The normalized spacial score (nSPS) is 20.1. The first kappa shape index (κ1) is 22.2. The van der Waals surface area contributed by atoms with Crippen molar-refractivity contribution in [3.8, 4) is 11.5 Å². The van der Waals surface area contributed by atoms with E-state index in [1.54, 1.807) is 26.0 Å². The van der Waals surface area contributed by atoms with Crippen molar-refractivity contribution >= 4 is 12.0 Å². The van der Waals surface area contributed by atoms with E-state index in [0.29, 0.717) is 26.2 Å². The minimum atomic E-state index is -0.268. The summed E-state index contributed by atoms with van der Waals surface area (Å²) in [5.74, 6) is 1.58. The van der Waals surface area contributed by atoms with Crippen LogP contribution < -0.4 is 14.8 Å². The van der Waals surface area contributed by atoms with Crippen LogP contribution >= 0.6 is 0 Å². The van der Waals surface area contributed by atoms with E-state index in [0.717, 1.165) is 49.3 Å². The number of carbonyl (C=O) groups is 2. The van der Waals surface area contributed by atoms with Gasteiger partial charge in [0.15, 0.2) is 0 Å². The molecule has 0 spiro atoms. The standard InChI is InChI=1S/C22H33N3O5/c1-4-30-22(27)24-12-9-16(10-13-24)23-21(26)15-25-11-5-6-19(25)18-8-7-17(28-2)14-20(18)29-3/h7-8,14,16,19H,4-6,9-13,15H2,1-3H3,(H,23,26)/t19-/m0/s1. The number of amides is 2. The van der Waals surface area contributed by atoms with Crippen molar-refractivity contribution in [2.45, 2.75) is 44.7 Å². The second kappa shape index (κ2) is 10.5. The fourth-order valence-corrected chi connectivity index (χ4v) is 4.34. The Hall–Kier alpha value is -2.48. The Kier molecular flexibility index (Phi) is 7.79. The zero-order valence-corrected chi connectivity index (χ0v) is 18.2. The molecule has 0 unspecified atom stereocenters. The lowest BCUT2D eigenvalue weighted by Gasteiger charge is -2.32. The number of hydrogen-bond acceptors (Lipinski definition) is 6. The molecular weight excluding hydrogens is 386 g/mol. The van der Waals surface area contributed by atoms with Crippen LogP contribution in [0.1, 0.15) is 44.2 Å². The number of hydrogen-bond donors (Lipinski definition) is 1. The van der Waals surface area contributed by atoms with Crippen molar-refractivity contribution in [2.24, 2.45) is 0 Å². The number of nitrogens with one attached hydrogen (secondary N) is 1. The van der Waals surface area contributed by atoms with E-state index in [9.17, 15) is 9.59 Å². The number of carbonyl (C=O) groups excluding carboxylic acids is 2. The summed E-state index contributed by atoms with van der Waals surface area (Å²) >= 11 is 0. The van der Waals surface area contributed by atoms with Crippen molar-refractivity contribution < 1.29 is 23.8 Å². The van der Waals surface area contributed by atoms with Crippen LogP contribution in [0.15, 0.2) is 18.2 Å². The SMILES string of the molecule is CCOC(=O)N1CCC(NC(=O)CN2CCC[C@H]2c2ccc(OC)cc2OC)CC1. The zero-order chi connectivity index (χ0) is 21.5. The van der Waals surface area contributed by atoms with Crippen LogP contribution in [-0.4, -0.2) is 74.8 Å². The van der Waals surface area contributed by atoms with Crippen molar-refractivity contribution in [3.63, 3.8) is 0 Å². The first-order valence-corrected chi connectivity index (χ1v) is 10.7. The number of piperidine rings is 1. The summed E-state index contributed by atoms with van der Waals surface area (Å²) in [6.07, 6.45) is 3.27. The molecule has 0 aromatic heterocycles. The molecule has 2 aliphatic rings. The van der Waals surface area contributed by atoms with Gasteiger partial charge in [-0.1, -0.05) is 6.07 Å². The van der Waals surface area contributed by atoms with Crippen LogP contribution in [0.25, 0.3) is 0 Å². The van der Waals surface area contributed by atoms with Crippen LogP contribution in [0.2, 0.25) is 0 Å². The summed E-state index contributed by atoms with van der Waals surface area (Å²) in [5.41, 5.74) is 1.09. The molecule has 0 bridgehead atoms. The maximum absolute atomic E-state index is 12.7. The number of likely N-dealkylation sites (tertiary alicyclic amines) is 2. The van der Waals surface area contributed by atoms with Gasteiger partial charge < -0.3 is 24.4 Å². The molecule has 0 aliphatic carbocycles. The Bertz CT molecular complexity index is 733. The molecule has 2 saturated heterocycles. The molecule has 8 nitrogen and oxygen atoms in total. The van der Waals surface area contributed by atoms with E-state index < -0.39 is 0 Å². The van der Waals surface area contributed by atoms with Gasteiger partial charge in [-0.05, 0) is 45.2 Å². The smallest absolute Gasteiger partial charge is 0.409 e. The molecule has 1 aromatic rings. The van der Waals surface area contributed by atoms with Gasteiger partial charge in [-0.3, -0.25) is 9.69 Å². The predicted molar refractivity (Wildman–Crippen MR) is 113 cm³/mol. The number of benzene rings is 1. The van der Waals surface area contributed by atoms with Gasteiger partial charge in [-0.15, -0.1) is 0 Å². The number of nitrogens with zero attached hydrogens (tertiary/aromatic N) is 2. The number of ether oxygens (including phenoxy) is 3. The van der Waals surface area contributed by atoms with Crippen molar-refractivity contribution in [1.29, 1.82) is 0 Å². The molecular formula is C22H33N3O5. The fraction of sp³-hybridized carbons (Fsp3) is 0.636. The highest BCUT2D eigenvalue weighted by molar-refractivity contribution is 5.78. The van der Waals surface area contributed by atoms with Crippen LogP contribution in [0.5, 0.6) is 11.5 Å². The van der Waals surface area contributed by atoms with E-state index in [4.69, 9.17) is 14.2 Å². The van der Waals surface area contributed by atoms with E-state index >= 15 is 0 Å². The summed E-state index contributed by atoms with van der Waals surface area (Å²) in [5, 5.41) is 3.15. The summed E-state index contributed by atoms with van der Waals surface area (Å²) < 4.78 is 15.9. The molecule has 1 N–H and O–H groups in total. The summed E-state index contributed by atoms with van der Waals surface area (Å²) in [6, 6.07) is 6.11. The minimum Gasteiger partial charge on any atom is -0.497 e. The average Bonchev–Trinajstić information content (AvgIpc) is 3.21. The first-order chi connectivity index (χ1) is 14.5. The molecule has 2 aliphatic heterocycles. The molecule has 2 heterocycles. The third-order valence-corrected chi connectivity index (χ3v) is 5.90. The largest absolute Gasteiger partial charge is 0.497 e.